The Balaban J connectivity index is 2.09. The van der Waals surface area contributed by atoms with E-state index < -0.39 is 25.7 Å². The molecule has 9 heteroatoms. The summed E-state index contributed by atoms with van der Waals surface area (Å²) < 4.78 is 21.2. The number of hydrogen-bond donors (Lipinski definition) is 2. The molecule has 128 valence electrons. The Kier molecular flexibility index (Phi) is 5.85. The van der Waals surface area contributed by atoms with Gasteiger partial charge in [-0.15, -0.1) is 0 Å². The number of nitrogens with one attached hydrogen (secondary N) is 2. The minimum atomic E-state index is -3.08. The van der Waals surface area contributed by atoms with Gasteiger partial charge in [0, 0.05) is 11.6 Å². The van der Waals surface area contributed by atoms with Gasteiger partial charge in [-0.25, -0.2) is 8.42 Å². The number of sulfone groups is 1. The van der Waals surface area contributed by atoms with Gasteiger partial charge in [-0.3, -0.25) is 10.1 Å². The van der Waals surface area contributed by atoms with Crippen LogP contribution in [-0.2, 0) is 9.84 Å². The highest BCUT2D eigenvalue weighted by Gasteiger charge is 2.38. The lowest BCUT2D eigenvalue weighted by Crippen LogP contribution is -2.56. The van der Waals surface area contributed by atoms with Crippen molar-refractivity contribution in [3.63, 3.8) is 0 Å². The van der Waals surface area contributed by atoms with Crippen molar-refractivity contribution in [3.8, 4) is 0 Å². The van der Waals surface area contributed by atoms with Gasteiger partial charge < -0.3 is 5.32 Å². The molecular weight excluding hydrogens is 383 g/mol. The second kappa shape index (κ2) is 7.15. The molecule has 0 aromatic heterocycles. The van der Waals surface area contributed by atoms with Gasteiger partial charge in [0.05, 0.1) is 11.5 Å². The van der Waals surface area contributed by atoms with Gasteiger partial charge in [0.15, 0.2) is 9.84 Å². The molecule has 1 heterocycles. The summed E-state index contributed by atoms with van der Waals surface area (Å²) in [6.45, 7) is 1.87. The second-order valence-electron chi connectivity index (χ2n) is 5.58. The van der Waals surface area contributed by atoms with Crippen LogP contribution in [0.3, 0.4) is 0 Å². The number of benzene rings is 1. The van der Waals surface area contributed by atoms with Gasteiger partial charge in [0.1, 0.15) is 6.17 Å². The first kappa shape index (κ1) is 18.8. The molecule has 1 amide bonds. The molecule has 0 radical (unpaired) electrons. The van der Waals surface area contributed by atoms with E-state index in [1.165, 1.54) is 0 Å². The molecule has 0 unspecified atom stereocenters. The minimum absolute atomic E-state index is 0.0371. The van der Waals surface area contributed by atoms with E-state index in [0.29, 0.717) is 12.0 Å². The number of rotatable bonds is 4. The average Bonchev–Trinajstić information content (AvgIpc) is 2.76. The van der Waals surface area contributed by atoms with Crippen LogP contribution in [0, 0.1) is 6.92 Å². The van der Waals surface area contributed by atoms with E-state index in [9.17, 15) is 13.2 Å². The summed E-state index contributed by atoms with van der Waals surface area (Å²) in [5.74, 6) is -0.355. The molecule has 0 saturated carbocycles. The fourth-order valence-corrected chi connectivity index (χ4v) is 4.42. The van der Waals surface area contributed by atoms with E-state index >= 15 is 0 Å². The average molecular weight is 400 g/mol. The van der Waals surface area contributed by atoms with Gasteiger partial charge in [0.25, 0.3) is 5.91 Å². The van der Waals surface area contributed by atoms with Crippen LogP contribution in [0.1, 0.15) is 22.3 Å². The third-order valence-corrected chi connectivity index (χ3v) is 5.94. The fraction of sp³-hybridized carbons (Fsp3) is 0.500. The van der Waals surface area contributed by atoms with Gasteiger partial charge in [-0.2, -0.15) is 0 Å². The fourth-order valence-electron chi connectivity index (χ4n) is 2.38. The number of carbonyl (C=O) groups is 1. The Morgan fingerprint density at radius 1 is 1.35 bits per heavy atom. The lowest BCUT2D eigenvalue weighted by Gasteiger charge is -2.29. The summed E-state index contributed by atoms with van der Waals surface area (Å²) in [5, 5.41) is 5.53. The van der Waals surface area contributed by atoms with Crippen molar-refractivity contribution in [3.05, 3.63) is 35.4 Å². The molecule has 2 rings (SSSR count). The molecule has 2 atom stereocenters. The maximum Gasteiger partial charge on any atom is 0.252 e. The van der Waals surface area contributed by atoms with Crippen LogP contribution in [0.5, 0.6) is 0 Å². The molecule has 0 bridgehead atoms. The standard InChI is InChI=1S/C14H17Cl3N2O3S/c1-9-3-2-4-10(7-9)12(20)19-13(14(15,16)17)18-11-5-6-23(21,22)8-11/h2-4,7,11,13,18H,5-6,8H2,1H3,(H,19,20)/t11-,13-/m1/s1. The van der Waals surface area contributed by atoms with Crippen LogP contribution in [0.4, 0.5) is 0 Å². The molecular formula is C14H17Cl3N2O3S. The molecule has 1 aliphatic rings. The normalized spacial score (nSPS) is 21.8. The Bertz CT molecular complexity index is 689. The number of carbonyl (C=O) groups excluding carboxylic acids is 1. The van der Waals surface area contributed by atoms with Crippen LogP contribution in [-0.4, -0.2) is 41.8 Å². The highest BCUT2D eigenvalue weighted by Crippen LogP contribution is 2.30. The molecule has 5 nitrogen and oxygen atoms in total. The van der Waals surface area contributed by atoms with Crippen LogP contribution in [0.15, 0.2) is 24.3 Å². The molecule has 1 saturated heterocycles. The summed E-state index contributed by atoms with van der Waals surface area (Å²) in [5.41, 5.74) is 1.36. The summed E-state index contributed by atoms with van der Waals surface area (Å²) in [4.78, 5) is 12.3. The van der Waals surface area contributed by atoms with Gasteiger partial charge in [0.2, 0.25) is 3.79 Å². The Morgan fingerprint density at radius 2 is 2.04 bits per heavy atom. The smallest absolute Gasteiger partial charge is 0.252 e. The summed E-state index contributed by atoms with van der Waals surface area (Å²) >= 11 is 17.7. The lowest BCUT2D eigenvalue weighted by atomic mass is 10.1. The van der Waals surface area contributed by atoms with Crippen LogP contribution < -0.4 is 10.6 Å². The molecule has 1 fully saturated rings. The lowest BCUT2D eigenvalue weighted by molar-refractivity contribution is 0.0927. The maximum absolute atomic E-state index is 12.3. The van der Waals surface area contributed by atoms with E-state index in [4.69, 9.17) is 34.8 Å². The van der Waals surface area contributed by atoms with Crippen molar-refractivity contribution >= 4 is 50.5 Å². The molecule has 23 heavy (non-hydrogen) atoms. The molecule has 1 aromatic rings. The van der Waals surface area contributed by atoms with Crippen molar-refractivity contribution in [1.29, 1.82) is 0 Å². The number of alkyl halides is 3. The maximum atomic E-state index is 12.3. The van der Waals surface area contributed by atoms with Crippen LogP contribution >= 0.6 is 34.8 Å². The first-order valence-electron chi connectivity index (χ1n) is 6.97. The highest BCUT2D eigenvalue weighted by molar-refractivity contribution is 7.91. The minimum Gasteiger partial charge on any atom is -0.333 e. The van der Waals surface area contributed by atoms with E-state index in [1.807, 2.05) is 13.0 Å². The zero-order chi connectivity index (χ0) is 17.3. The molecule has 0 aliphatic carbocycles. The van der Waals surface area contributed by atoms with E-state index in [1.54, 1.807) is 18.2 Å². The number of amides is 1. The molecule has 1 aliphatic heterocycles. The molecule has 1 aromatic carbocycles. The topological polar surface area (TPSA) is 75.3 Å². The van der Waals surface area contributed by atoms with E-state index in [2.05, 4.69) is 10.6 Å². The summed E-state index contributed by atoms with van der Waals surface area (Å²) in [6.07, 6.45) is -0.585. The Labute approximate surface area is 150 Å². The third-order valence-electron chi connectivity index (χ3n) is 3.52. The van der Waals surface area contributed by atoms with Crippen LogP contribution in [0.25, 0.3) is 0 Å². The highest BCUT2D eigenvalue weighted by atomic mass is 35.6. The van der Waals surface area contributed by atoms with Crippen LogP contribution in [0.2, 0.25) is 0 Å². The van der Waals surface area contributed by atoms with E-state index in [0.717, 1.165) is 5.56 Å². The second-order valence-corrected chi connectivity index (χ2v) is 10.2. The number of aryl methyl sites for hydroxylation is 1. The van der Waals surface area contributed by atoms with Gasteiger partial charge in [-0.1, -0.05) is 52.5 Å². The Morgan fingerprint density at radius 3 is 2.57 bits per heavy atom. The number of hydrogen-bond acceptors (Lipinski definition) is 4. The van der Waals surface area contributed by atoms with Crippen molar-refractivity contribution in [2.24, 2.45) is 0 Å². The van der Waals surface area contributed by atoms with Crippen molar-refractivity contribution in [1.82, 2.24) is 10.6 Å². The third kappa shape index (κ3) is 5.50. The summed E-state index contributed by atoms with van der Waals surface area (Å²) in [7, 11) is -3.08. The first-order chi connectivity index (χ1) is 10.6. The van der Waals surface area contributed by atoms with Crippen molar-refractivity contribution in [2.75, 3.05) is 11.5 Å². The molecule has 2 N–H and O–H groups in total. The van der Waals surface area contributed by atoms with E-state index in [-0.39, 0.29) is 17.5 Å². The van der Waals surface area contributed by atoms with Crippen molar-refractivity contribution in [2.45, 2.75) is 29.3 Å². The zero-order valence-corrected chi connectivity index (χ0v) is 15.4. The first-order valence-corrected chi connectivity index (χ1v) is 9.93. The SMILES string of the molecule is Cc1cccc(C(=O)N[C@@H](N[C@@H]2CCS(=O)(=O)C2)C(Cl)(Cl)Cl)c1. The zero-order valence-electron chi connectivity index (χ0n) is 12.4. The quantitative estimate of drug-likeness (QED) is 0.601. The largest absolute Gasteiger partial charge is 0.333 e. The summed E-state index contributed by atoms with van der Waals surface area (Å²) in [6, 6.07) is 6.62. The van der Waals surface area contributed by atoms with Gasteiger partial charge >= 0.3 is 0 Å². The molecule has 0 spiro atoms. The number of halogens is 3. The Hall–Kier alpha value is -0.530. The van der Waals surface area contributed by atoms with Crippen molar-refractivity contribution < 1.29 is 13.2 Å². The monoisotopic (exact) mass is 398 g/mol. The van der Waals surface area contributed by atoms with Gasteiger partial charge in [-0.05, 0) is 25.5 Å². The predicted octanol–water partition coefficient (Wildman–Crippen LogP) is 2.20. The predicted molar refractivity (Wildman–Crippen MR) is 92.9 cm³/mol.